The van der Waals surface area contributed by atoms with Crippen LogP contribution in [0.15, 0.2) is 42.6 Å². The number of benzene rings is 1. The molecule has 1 fully saturated rings. The number of nitrogens with zero attached hydrogens (tertiary/aromatic N) is 3. The molecule has 1 aliphatic heterocycles. The van der Waals surface area contributed by atoms with Crippen LogP contribution in [0.2, 0.25) is 0 Å². The van der Waals surface area contributed by atoms with Crippen molar-refractivity contribution in [3.05, 3.63) is 59.7 Å². The fourth-order valence-electron chi connectivity index (χ4n) is 3.15. The van der Waals surface area contributed by atoms with E-state index in [0.717, 1.165) is 5.56 Å². The van der Waals surface area contributed by atoms with E-state index < -0.39 is 0 Å². The van der Waals surface area contributed by atoms with Gasteiger partial charge in [0.05, 0.1) is 0 Å². The third-order valence-electron chi connectivity index (χ3n) is 4.78. The Bertz CT molecular complexity index is 855. The van der Waals surface area contributed by atoms with Crippen LogP contribution in [0.5, 0.6) is 0 Å². The monoisotopic (exact) mass is 386 g/mol. The van der Waals surface area contributed by atoms with Gasteiger partial charge in [-0.05, 0) is 29.8 Å². The van der Waals surface area contributed by atoms with Crippen molar-refractivity contribution in [2.24, 2.45) is 0 Å². The van der Waals surface area contributed by atoms with Gasteiger partial charge >= 0.3 is 0 Å². The number of carbonyl (C=O) groups is 3. The Morgan fingerprint density at radius 2 is 1.64 bits per heavy atom. The second kappa shape index (κ2) is 8.69. The van der Waals surface area contributed by atoms with Crippen molar-refractivity contribution in [2.75, 3.05) is 26.2 Å². The van der Waals surface area contributed by atoms with Crippen LogP contribution in [-0.4, -0.2) is 58.3 Å². The highest BCUT2D eigenvalue weighted by molar-refractivity contribution is 5.93. The van der Waals surface area contributed by atoms with Gasteiger partial charge in [-0.3, -0.25) is 14.4 Å². The number of aromatic nitrogens is 1. The summed E-state index contributed by atoms with van der Waals surface area (Å²) in [7, 11) is 0. The first-order valence-corrected chi connectivity index (χ1v) is 9.15. The molecule has 0 atom stereocenters. The summed E-state index contributed by atoms with van der Waals surface area (Å²) in [6.45, 7) is 3.80. The summed E-state index contributed by atoms with van der Waals surface area (Å²) in [6, 6.07) is 9.33. The standard InChI is InChI=1S/C20H23FN4O3/c1-15(26)23-9-11-24(12-10-23)20(28)18-3-2-8-25(18)14-19(27)22-13-16-4-6-17(21)7-5-16/h2-8H,9-14H2,1H3,(H,22,27). The van der Waals surface area contributed by atoms with Gasteiger partial charge in [0, 0.05) is 45.8 Å². The first kappa shape index (κ1) is 19.6. The van der Waals surface area contributed by atoms with E-state index in [0.29, 0.717) is 31.9 Å². The minimum absolute atomic E-state index is 0.00768. The number of carbonyl (C=O) groups excluding carboxylic acids is 3. The summed E-state index contributed by atoms with van der Waals surface area (Å²) < 4.78 is 14.5. The van der Waals surface area contributed by atoms with Gasteiger partial charge in [-0.2, -0.15) is 0 Å². The maximum Gasteiger partial charge on any atom is 0.270 e. The van der Waals surface area contributed by atoms with Crippen molar-refractivity contribution in [3.8, 4) is 0 Å². The minimum Gasteiger partial charge on any atom is -0.350 e. The molecule has 0 spiro atoms. The Kier molecular flexibility index (Phi) is 6.08. The molecule has 1 aromatic carbocycles. The molecule has 148 valence electrons. The van der Waals surface area contributed by atoms with Gasteiger partial charge in [0.25, 0.3) is 5.91 Å². The van der Waals surface area contributed by atoms with Crippen molar-refractivity contribution >= 4 is 17.7 Å². The number of nitrogens with one attached hydrogen (secondary N) is 1. The summed E-state index contributed by atoms with van der Waals surface area (Å²) in [5.41, 5.74) is 1.23. The van der Waals surface area contributed by atoms with Crippen LogP contribution in [0.4, 0.5) is 4.39 Å². The zero-order valence-electron chi connectivity index (χ0n) is 15.7. The number of piperazine rings is 1. The van der Waals surface area contributed by atoms with E-state index in [9.17, 15) is 18.8 Å². The zero-order chi connectivity index (χ0) is 20.1. The van der Waals surface area contributed by atoms with Crippen LogP contribution in [0.3, 0.4) is 0 Å². The van der Waals surface area contributed by atoms with E-state index >= 15 is 0 Å². The molecular formula is C20H23FN4O3. The Labute approximate surface area is 162 Å². The van der Waals surface area contributed by atoms with E-state index in [1.807, 2.05) is 0 Å². The average Bonchev–Trinajstić information content (AvgIpc) is 3.15. The number of hydrogen-bond donors (Lipinski definition) is 1. The van der Waals surface area contributed by atoms with Crippen molar-refractivity contribution in [1.82, 2.24) is 19.7 Å². The zero-order valence-corrected chi connectivity index (χ0v) is 15.7. The first-order chi connectivity index (χ1) is 13.4. The molecule has 3 rings (SSSR count). The fraction of sp³-hybridized carbons (Fsp3) is 0.350. The Hall–Kier alpha value is -3.16. The lowest BCUT2D eigenvalue weighted by atomic mass is 10.2. The van der Waals surface area contributed by atoms with Crippen LogP contribution in [0.1, 0.15) is 23.0 Å². The van der Waals surface area contributed by atoms with Gasteiger partial charge in [0.2, 0.25) is 11.8 Å². The lowest BCUT2D eigenvalue weighted by molar-refractivity contribution is -0.130. The number of halogens is 1. The molecule has 0 bridgehead atoms. The van der Waals surface area contributed by atoms with Crippen LogP contribution in [0.25, 0.3) is 0 Å². The highest BCUT2D eigenvalue weighted by Crippen LogP contribution is 2.11. The molecule has 7 nitrogen and oxygen atoms in total. The lowest BCUT2D eigenvalue weighted by Gasteiger charge is -2.34. The summed E-state index contributed by atoms with van der Waals surface area (Å²) in [5.74, 6) is -0.710. The van der Waals surface area contributed by atoms with E-state index in [2.05, 4.69) is 5.32 Å². The number of rotatable bonds is 5. The van der Waals surface area contributed by atoms with E-state index in [1.165, 1.54) is 19.1 Å². The summed E-state index contributed by atoms with van der Waals surface area (Å²) >= 11 is 0. The number of hydrogen-bond acceptors (Lipinski definition) is 3. The Balaban J connectivity index is 1.55. The molecule has 2 aromatic rings. The van der Waals surface area contributed by atoms with Crippen LogP contribution in [-0.2, 0) is 22.7 Å². The van der Waals surface area contributed by atoms with Crippen molar-refractivity contribution in [2.45, 2.75) is 20.0 Å². The van der Waals surface area contributed by atoms with Crippen molar-refractivity contribution in [1.29, 1.82) is 0 Å². The molecule has 0 radical (unpaired) electrons. The normalized spacial score (nSPS) is 14.1. The smallest absolute Gasteiger partial charge is 0.270 e. The molecular weight excluding hydrogens is 363 g/mol. The molecule has 1 aromatic heterocycles. The summed E-state index contributed by atoms with van der Waals surface area (Å²) in [5, 5.41) is 2.77. The maximum absolute atomic E-state index is 12.9. The predicted octanol–water partition coefficient (Wildman–Crippen LogP) is 1.25. The molecule has 0 aliphatic carbocycles. The van der Waals surface area contributed by atoms with Gasteiger partial charge in [0.15, 0.2) is 0 Å². The second-order valence-electron chi connectivity index (χ2n) is 6.72. The molecule has 1 saturated heterocycles. The topological polar surface area (TPSA) is 74.7 Å². The highest BCUT2D eigenvalue weighted by Gasteiger charge is 2.25. The average molecular weight is 386 g/mol. The molecule has 0 saturated carbocycles. The second-order valence-corrected chi connectivity index (χ2v) is 6.72. The van der Waals surface area contributed by atoms with Crippen LogP contribution < -0.4 is 5.32 Å². The quantitative estimate of drug-likeness (QED) is 0.840. The van der Waals surface area contributed by atoms with Gasteiger partial charge in [0.1, 0.15) is 18.1 Å². The van der Waals surface area contributed by atoms with E-state index in [-0.39, 0.29) is 36.6 Å². The first-order valence-electron chi connectivity index (χ1n) is 9.15. The van der Waals surface area contributed by atoms with Crippen LogP contribution in [0, 0.1) is 5.82 Å². The van der Waals surface area contributed by atoms with Gasteiger partial charge < -0.3 is 19.7 Å². The molecule has 1 aliphatic rings. The maximum atomic E-state index is 12.9. The van der Waals surface area contributed by atoms with Gasteiger partial charge in [-0.15, -0.1) is 0 Å². The molecule has 8 heteroatoms. The molecule has 3 amide bonds. The molecule has 1 N–H and O–H groups in total. The van der Waals surface area contributed by atoms with Crippen molar-refractivity contribution < 1.29 is 18.8 Å². The van der Waals surface area contributed by atoms with Crippen molar-refractivity contribution in [3.63, 3.8) is 0 Å². The lowest BCUT2D eigenvalue weighted by Crippen LogP contribution is -2.50. The van der Waals surface area contributed by atoms with E-state index in [1.54, 1.807) is 44.8 Å². The predicted molar refractivity (Wildman–Crippen MR) is 101 cm³/mol. The third-order valence-corrected chi connectivity index (χ3v) is 4.78. The van der Waals surface area contributed by atoms with Gasteiger partial charge in [-0.25, -0.2) is 4.39 Å². The molecule has 0 unspecified atom stereocenters. The summed E-state index contributed by atoms with van der Waals surface area (Å²) in [4.78, 5) is 39.9. The van der Waals surface area contributed by atoms with E-state index in [4.69, 9.17) is 0 Å². The third kappa shape index (κ3) is 4.76. The van der Waals surface area contributed by atoms with Crippen LogP contribution >= 0.6 is 0 Å². The Morgan fingerprint density at radius 3 is 2.29 bits per heavy atom. The number of amides is 3. The summed E-state index contributed by atoms with van der Waals surface area (Å²) in [6.07, 6.45) is 1.69. The SMILES string of the molecule is CC(=O)N1CCN(C(=O)c2cccn2CC(=O)NCc2ccc(F)cc2)CC1. The minimum atomic E-state index is -0.324. The largest absolute Gasteiger partial charge is 0.350 e. The molecule has 2 heterocycles. The molecule has 28 heavy (non-hydrogen) atoms. The van der Waals surface area contributed by atoms with Gasteiger partial charge in [-0.1, -0.05) is 12.1 Å². The highest BCUT2D eigenvalue weighted by atomic mass is 19.1. The Morgan fingerprint density at radius 1 is 1.00 bits per heavy atom. The fourth-order valence-corrected chi connectivity index (χ4v) is 3.15.